The number of nitrogens with one attached hydrogen (secondary N) is 1. The van der Waals surface area contributed by atoms with Crippen molar-refractivity contribution in [3.63, 3.8) is 0 Å². The molecule has 108 valence electrons. The first-order valence-corrected chi connectivity index (χ1v) is 7.10. The first kappa shape index (κ1) is 15.7. The molecule has 19 heavy (non-hydrogen) atoms. The summed E-state index contributed by atoms with van der Waals surface area (Å²) in [6.45, 7) is 4.42. The van der Waals surface area contributed by atoms with Crippen molar-refractivity contribution in [3.05, 3.63) is 11.6 Å². The number of hydrogen-bond donors (Lipinski definition) is 2. The minimum atomic E-state index is -0.842. The minimum Gasteiger partial charge on any atom is -0.481 e. The molecule has 1 aliphatic carbocycles. The predicted octanol–water partition coefficient (Wildman–Crippen LogP) is 2.88. The van der Waals surface area contributed by atoms with Crippen molar-refractivity contribution in [1.82, 2.24) is 5.32 Å². The Bertz CT molecular complexity index is 348. The standard InChI is InChI=1S/C15H25NO3/c1-12(2)7-10-16-13(17)11-15(14(18)19)8-5-3-4-6-9-15/h7H,3-6,8-11H2,1-2H3,(H,16,17)(H,18,19). The molecule has 0 spiro atoms. The third-order valence-electron chi connectivity index (χ3n) is 3.82. The smallest absolute Gasteiger partial charge is 0.310 e. The number of rotatable bonds is 5. The van der Waals surface area contributed by atoms with Gasteiger partial charge in [0.2, 0.25) is 5.91 Å². The summed E-state index contributed by atoms with van der Waals surface area (Å²) in [5, 5.41) is 12.3. The number of amides is 1. The van der Waals surface area contributed by atoms with Crippen molar-refractivity contribution in [2.24, 2.45) is 5.41 Å². The lowest BCUT2D eigenvalue weighted by molar-refractivity contribution is -0.152. The molecule has 1 rings (SSSR count). The fraction of sp³-hybridized carbons (Fsp3) is 0.733. The van der Waals surface area contributed by atoms with Crippen LogP contribution in [0.25, 0.3) is 0 Å². The highest BCUT2D eigenvalue weighted by Gasteiger charge is 2.40. The molecule has 4 heteroatoms. The van der Waals surface area contributed by atoms with Gasteiger partial charge in [-0.1, -0.05) is 37.3 Å². The topological polar surface area (TPSA) is 66.4 Å². The fourth-order valence-electron chi connectivity index (χ4n) is 2.61. The van der Waals surface area contributed by atoms with Crippen molar-refractivity contribution in [3.8, 4) is 0 Å². The van der Waals surface area contributed by atoms with Gasteiger partial charge in [-0.15, -0.1) is 0 Å². The molecule has 0 aliphatic heterocycles. The summed E-state index contributed by atoms with van der Waals surface area (Å²) < 4.78 is 0. The lowest BCUT2D eigenvalue weighted by atomic mass is 9.77. The first-order valence-electron chi connectivity index (χ1n) is 7.10. The van der Waals surface area contributed by atoms with Gasteiger partial charge in [-0.2, -0.15) is 0 Å². The number of carboxylic acid groups (broad SMARTS) is 1. The number of hydrogen-bond acceptors (Lipinski definition) is 2. The molecule has 0 heterocycles. The molecule has 0 bridgehead atoms. The molecular weight excluding hydrogens is 242 g/mol. The summed E-state index contributed by atoms with van der Waals surface area (Å²) >= 11 is 0. The third kappa shape index (κ3) is 5.05. The fourth-order valence-corrected chi connectivity index (χ4v) is 2.61. The molecule has 0 aromatic heterocycles. The van der Waals surface area contributed by atoms with Gasteiger partial charge in [0.15, 0.2) is 0 Å². The van der Waals surface area contributed by atoms with Crippen LogP contribution in [-0.4, -0.2) is 23.5 Å². The van der Waals surface area contributed by atoms with E-state index >= 15 is 0 Å². The Balaban J connectivity index is 2.60. The number of allylic oxidation sites excluding steroid dienone is 1. The molecule has 0 aromatic rings. The average Bonchev–Trinajstić information content (AvgIpc) is 2.55. The highest BCUT2D eigenvalue weighted by molar-refractivity contribution is 5.85. The molecule has 0 saturated heterocycles. The Kier molecular flexibility index (Phi) is 6.06. The van der Waals surface area contributed by atoms with Crippen molar-refractivity contribution >= 4 is 11.9 Å². The largest absolute Gasteiger partial charge is 0.481 e. The maximum absolute atomic E-state index is 11.9. The van der Waals surface area contributed by atoms with Crippen LogP contribution in [0.2, 0.25) is 0 Å². The number of carboxylic acids is 1. The van der Waals surface area contributed by atoms with E-state index in [-0.39, 0.29) is 12.3 Å². The maximum atomic E-state index is 11.9. The van der Waals surface area contributed by atoms with Crippen LogP contribution in [0, 0.1) is 5.41 Å². The van der Waals surface area contributed by atoms with Gasteiger partial charge in [-0.25, -0.2) is 0 Å². The van der Waals surface area contributed by atoms with Crippen LogP contribution in [0.5, 0.6) is 0 Å². The summed E-state index contributed by atoms with van der Waals surface area (Å²) in [6.07, 6.45) is 7.26. The minimum absolute atomic E-state index is 0.110. The summed E-state index contributed by atoms with van der Waals surface area (Å²) in [4.78, 5) is 23.5. The lowest BCUT2D eigenvalue weighted by Gasteiger charge is -2.27. The van der Waals surface area contributed by atoms with Crippen LogP contribution in [-0.2, 0) is 9.59 Å². The summed E-state index contributed by atoms with van der Waals surface area (Å²) in [5.41, 5.74) is 0.300. The monoisotopic (exact) mass is 267 g/mol. The summed E-state index contributed by atoms with van der Waals surface area (Å²) in [7, 11) is 0. The van der Waals surface area contributed by atoms with Gasteiger partial charge < -0.3 is 10.4 Å². The van der Waals surface area contributed by atoms with E-state index in [1.807, 2.05) is 19.9 Å². The Morgan fingerprint density at radius 3 is 2.21 bits per heavy atom. The Hall–Kier alpha value is -1.32. The first-order chi connectivity index (χ1) is 8.96. The van der Waals surface area contributed by atoms with Crippen molar-refractivity contribution in [2.45, 2.75) is 58.8 Å². The van der Waals surface area contributed by atoms with E-state index < -0.39 is 11.4 Å². The number of carbonyl (C=O) groups is 2. The van der Waals surface area contributed by atoms with E-state index in [2.05, 4.69) is 5.32 Å². The van der Waals surface area contributed by atoms with Crippen molar-refractivity contribution < 1.29 is 14.7 Å². The molecule has 1 amide bonds. The zero-order valence-corrected chi connectivity index (χ0v) is 12.0. The number of carbonyl (C=O) groups excluding carboxylic acids is 1. The van der Waals surface area contributed by atoms with Gasteiger partial charge in [0, 0.05) is 13.0 Å². The summed E-state index contributed by atoms with van der Waals surface area (Å²) in [6, 6.07) is 0. The van der Waals surface area contributed by atoms with Crippen molar-refractivity contribution in [2.75, 3.05) is 6.54 Å². The second kappa shape index (κ2) is 7.31. The molecule has 1 fully saturated rings. The predicted molar refractivity (Wildman–Crippen MR) is 74.8 cm³/mol. The number of aliphatic carboxylic acids is 1. The molecule has 0 aromatic carbocycles. The Labute approximate surface area is 115 Å². The van der Waals surface area contributed by atoms with E-state index in [1.54, 1.807) is 0 Å². The van der Waals surface area contributed by atoms with Gasteiger partial charge >= 0.3 is 5.97 Å². The normalized spacial score (nSPS) is 18.2. The Morgan fingerprint density at radius 1 is 1.16 bits per heavy atom. The Morgan fingerprint density at radius 2 is 1.74 bits per heavy atom. The molecule has 2 N–H and O–H groups in total. The van der Waals surface area contributed by atoms with Gasteiger partial charge in [0.05, 0.1) is 5.41 Å². The maximum Gasteiger partial charge on any atom is 0.310 e. The zero-order chi connectivity index (χ0) is 14.3. The molecular formula is C15H25NO3. The van der Waals surface area contributed by atoms with Crippen LogP contribution < -0.4 is 5.32 Å². The molecule has 1 aliphatic rings. The van der Waals surface area contributed by atoms with E-state index in [4.69, 9.17) is 0 Å². The van der Waals surface area contributed by atoms with Gasteiger partial charge in [0.25, 0.3) is 0 Å². The van der Waals surface area contributed by atoms with Crippen LogP contribution >= 0.6 is 0 Å². The van der Waals surface area contributed by atoms with Crippen LogP contribution in [0.15, 0.2) is 11.6 Å². The van der Waals surface area contributed by atoms with Crippen LogP contribution in [0.3, 0.4) is 0 Å². The van der Waals surface area contributed by atoms with Gasteiger partial charge in [0.1, 0.15) is 0 Å². The van der Waals surface area contributed by atoms with E-state index in [0.29, 0.717) is 19.4 Å². The molecule has 1 saturated carbocycles. The second-order valence-electron chi connectivity index (χ2n) is 5.76. The van der Waals surface area contributed by atoms with Crippen LogP contribution in [0.1, 0.15) is 58.8 Å². The molecule has 0 radical (unpaired) electrons. The molecule has 4 nitrogen and oxygen atoms in total. The highest BCUT2D eigenvalue weighted by Crippen LogP contribution is 2.38. The quantitative estimate of drug-likeness (QED) is 0.594. The van der Waals surface area contributed by atoms with E-state index in [0.717, 1.165) is 31.3 Å². The highest BCUT2D eigenvalue weighted by atomic mass is 16.4. The van der Waals surface area contributed by atoms with E-state index in [9.17, 15) is 14.7 Å². The molecule has 0 atom stereocenters. The average molecular weight is 267 g/mol. The van der Waals surface area contributed by atoms with E-state index in [1.165, 1.54) is 0 Å². The summed E-state index contributed by atoms with van der Waals surface area (Å²) in [5.74, 6) is -0.964. The van der Waals surface area contributed by atoms with Gasteiger partial charge in [-0.3, -0.25) is 9.59 Å². The van der Waals surface area contributed by atoms with Crippen LogP contribution in [0.4, 0.5) is 0 Å². The SMILES string of the molecule is CC(C)=CCNC(=O)CC1(C(=O)O)CCCCCC1. The second-order valence-corrected chi connectivity index (χ2v) is 5.76. The van der Waals surface area contributed by atoms with Crippen molar-refractivity contribution in [1.29, 1.82) is 0 Å². The van der Waals surface area contributed by atoms with Gasteiger partial charge in [-0.05, 0) is 26.7 Å². The lowest BCUT2D eigenvalue weighted by Crippen LogP contribution is -2.37. The third-order valence-corrected chi connectivity index (χ3v) is 3.82. The zero-order valence-electron chi connectivity index (χ0n) is 12.0. The molecule has 0 unspecified atom stereocenters.